The molecule has 14 heavy (non-hydrogen) atoms. The van der Waals surface area contributed by atoms with Crippen LogP contribution in [0.1, 0.15) is 0 Å². The number of fused-ring (bicyclic) bond motifs is 1. The number of halogens is 1. The number of benzene rings is 1. The van der Waals surface area contributed by atoms with E-state index in [9.17, 15) is 10.1 Å². The molecule has 72 valence electrons. The molecule has 1 aromatic carbocycles. The van der Waals surface area contributed by atoms with Gasteiger partial charge in [0.15, 0.2) is 0 Å². The summed E-state index contributed by atoms with van der Waals surface area (Å²) in [4.78, 5) is 11.0. The van der Waals surface area contributed by atoms with Crippen molar-refractivity contribution in [2.75, 3.05) is 0 Å². The lowest BCUT2D eigenvalue weighted by molar-refractivity contribution is -0.380. The molecule has 0 saturated carbocycles. The highest BCUT2D eigenvalue weighted by atomic mass is 79.9. The summed E-state index contributed by atoms with van der Waals surface area (Å²) in [7, 11) is 0. The summed E-state index contributed by atoms with van der Waals surface area (Å²) in [6.45, 7) is 0. The predicted octanol–water partition coefficient (Wildman–Crippen LogP) is 3.86. The van der Waals surface area contributed by atoms with Crippen molar-refractivity contribution in [1.82, 2.24) is 0 Å². The normalized spacial score (nSPS) is 10.7. The number of thiophene rings is 1. The first-order valence-corrected chi connectivity index (χ1v) is 5.70. The molecule has 0 amide bonds. The zero-order valence-corrected chi connectivity index (χ0v) is 10.0. The Kier molecular flexibility index (Phi) is 2.50. The summed E-state index contributed by atoms with van der Waals surface area (Å²) in [6.07, 6.45) is 0. The van der Waals surface area contributed by atoms with Crippen molar-refractivity contribution in [2.24, 2.45) is 0 Å². The molecule has 0 aliphatic heterocycles. The second-order valence-electron chi connectivity index (χ2n) is 2.66. The van der Waals surface area contributed by atoms with E-state index in [1.165, 1.54) is 0 Å². The van der Waals surface area contributed by atoms with Crippen LogP contribution in [0.4, 0.5) is 5.00 Å². The van der Waals surface area contributed by atoms with Crippen LogP contribution in [-0.4, -0.2) is 4.92 Å². The van der Waals surface area contributed by atoms with E-state index in [0.29, 0.717) is 0 Å². The van der Waals surface area contributed by atoms with E-state index >= 15 is 0 Å². The fourth-order valence-corrected chi connectivity index (χ4v) is 2.91. The van der Waals surface area contributed by atoms with Gasteiger partial charge < -0.3 is 0 Å². The van der Waals surface area contributed by atoms with Gasteiger partial charge in [-0.2, -0.15) is 0 Å². The number of nitro groups is 1. The third-order valence-corrected chi connectivity index (χ3v) is 4.66. The van der Waals surface area contributed by atoms with E-state index in [4.69, 9.17) is 0 Å². The lowest BCUT2D eigenvalue weighted by Crippen LogP contribution is -1.80. The van der Waals surface area contributed by atoms with E-state index in [-0.39, 0.29) is 9.92 Å². The van der Waals surface area contributed by atoms with Crippen LogP contribution in [0.15, 0.2) is 27.6 Å². The molecule has 0 saturated heterocycles. The highest BCUT2D eigenvalue weighted by Gasteiger charge is 2.13. The Balaban J connectivity index is 2.77. The van der Waals surface area contributed by atoms with Crippen molar-refractivity contribution in [3.05, 3.63) is 32.8 Å². The molecular formula is C8H4BrNO2S2. The van der Waals surface area contributed by atoms with Gasteiger partial charge in [0.2, 0.25) is 0 Å². The van der Waals surface area contributed by atoms with Crippen LogP contribution in [0, 0.1) is 10.1 Å². The Morgan fingerprint density at radius 1 is 1.50 bits per heavy atom. The van der Waals surface area contributed by atoms with Gasteiger partial charge in [-0.1, -0.05) is 17.4 Å². The highest BCUT2D eigenvalue weighted by molar-refractivity contribution is 9.10. The summed E-state index contributed by atoms with van der Waals surface area (Å²) in [6, 6.07) is 5.20. The third kappa shape index (κ3) is 1.53. The maximum absolute atomic E-state index is 10.5. The predicted molar refractivity (Wildman–Crippen MR) is 63.4 cm³/mol. The smallest absolute Gasteiger partial charge is 0.258 e. The summed E-state index contributed by atoms with van der Waals surface area (Å²) in [5, 5.41) is 11.6. The van der Waals surface area contributed by atoms with Crippen LogP contribution >= 0.6 is 39.9 Å². The first-order chi connectivity index (χ1) is 6.59. The number of thiol groups is 1. The molecule has 0 atom stereocenters. The van der Waals surface area contributed by atoms with Gasteiger partial charge >= 0.3 is 5.00 Å². The summed E-state index contributed by atoms with van der Waals surface area (Å²) in [5.41, 5.74) is 0. The molecule has 0 spiro atoms. The molecule has 2 aromatic rings. The van der Waals surface area contributed by atoms with E-state index in [0.717, 1.165) is 30.8 Å². The Morgan fingerprint density at radius 3 is 2.86 bits per heavy atom. The number of rotatable bonds is 1. The van der Waals surface area contributed by atoms with Gasteiger partial charge in [-0.3, -0.25) is 10.1 Å². The zero-order chi connectivity index (χ0) is 10.3. The molecule has 2 rings (SSSR count). The average molecular weight is 290 g/mol. The molecule has 0 unspecified atom stereocenters. The molecule has 0 N–H and O–H groups in total. The first kappa shape index (κ1) is 9.95. The van der Waals surface area contributed by atoms with Crippen LogP contribution in [0.5, 0.6) is 0 Å². The van der Waals surface area contributed by atoms with Gasteiger partial charge in [0.1, 0.15) is 0 Å². The lowest BCUT2D eigenvalue weighted by Gasteiger charge is -1.95. The maximum atomic E-state index is 10.5. The molecule has 6 heteroatoms. The van der Waals surface area contributed by atoms with Gasteiger partial charge in [-0.05, 0) is 22.0 Å². The largest absolute Gasteiger partial charge is 0.325 e. The maximum Gasteiger partial charge on any atom is 0.325 e. The number of nitrogens with zero attached hydrogens (tertiary/aromatic N) is 1. The lowest BCUT2D eigenvalue weighted by atomic mass is 10.3. The van der Waals surface area contributed by atoms with Crippen LogP contribution in [0.25, 0.3) is 10.1 Å². The molecule has 0 fully saturated rings. The standard InChI is InChI=1S/C8H4BrNO2S2/c9-7-5(13)2-1-4-3-6(10(11)12)14-8(4)7/h1-3,13H. The van der Waals surface area contributed by atoms with Gasteiger partial charge in [-0.15, -0.1) is 12.6 Å². The van der Waals surface area contributed by atoms with Crippen molar-refractivity contribution in [2.45, 2.75) is 4.90 Å². The summed E-state index contributed by atoms with van der Waals surface area (Å²) in [5.74, 6) is 0. The van der Waals surface area contributed by atoms with Crippen molar-refractivity contribution in [1.29, 1.82) is 0 Å². The number of hydrogen-bond acceptors (Lipinski definition) is 4. The zero-order valence-electron chi connectivity index (χ0n) is 6.73. The fourth-order valence-electron chi connectivity index (χ4n) is 1.14. The Morgan fingerprint density at radius 2 is 2.21 bits per heavy atom. The average Bonchev–Trinajstić information content (AvgIpc) is 2.56. The summed E-state index contributed by atoms with van der Waals surface area (Å²) < 4.78 is 1.68. The van der Waals surface area contributed by atoms with Gasteiger partial charge in [0.25, 0.3) is 0 Å². The molecule has 0 radical (unpaired) electrons. The molecule has 3 nitrogen and oxygen atoms in total. The minimum atomic E-state index is -0.380. The Bertz CT molecular complexity index is 523. The molecule has 1 aromatic heterocycles. The SMILES string of the molecule is O=[N+]([O-])c1cc2ccc(S)c(Br)c2s1. The third-order valence-electron chi connectivity index (χ3n) is 1.77. The van der Waals surface area contributed by atoms with Gasteiger partial charge in [0.05, 0.1) is 9.62 Å². The Hall–Kier alpha value is -0.590. The minimum absolute atomic E-state index is 0.152. The van der Waals surface area contributed by atoms with Crippen molar-refractivity contribution < 1.29 is 4.92 Å². The van der Waals surface area contributed by atoms with Crippen LogP contribution in [0.3, 0.4) is 0 Å². The molecule has 0 aliphatic carbocycles. The topological polar surface area (TPSA) is 43.1 Å². The fraction of sp³-hybridized carbons (Fsp3) is 0. The quantitative estimate of drug-likeness (QED) is 0.492. The number of hydrogen-bond donors (Lipinski definition) is 1. The highest BCUT2D eigenvalue weighted by Crippen LogP contribution is 2.38. The second-order valence-corrected chi connectivity index (χ2v) is 4.96. The van der Waals surface area contributed by atoms with Crippen molar-refractivity contribution in [3.63, 3.8) is 0 Å². The van der Waals surface area contributed by atoms with Crippen molar-refractivity contribution in [3.8, 4) is 0 Å². The summed E-state index contributed by atoms with van der Waals surface area (Å²) >= 11 is 8.73. The van der Waals surface area contributed by atoms with E-state index in [1.54, 1.807) is 6.07 Å². The van der Waals surface area contributed by atoms with Crippen LogP contribution in [0.2, 0.25) is 0 Å². The monoisotopic (exact) mass is 289 g/mol. The molecule has 0 bridgehead atoms. The van der Waals surface area contributed by atoms with E-state index in [2.05, 4.69) is 28.6 Å². The van der Waals surface area contributed by atoms with E-state index < -0.39 is 0 Å². The van der Waals surface area contributed by atoms with Crippen LogP contribution < -0.4 is 0 Å². The van der Waals surface area contributed by atoms with Crippen LogP contribution in [-0.2, 0) is 0 Å². The molecule has 1 heterocycles. The second kappa shape index (κ2) is 3.52. The molecular weight excluding hydrogens is 286 g/mol. The first-order valence-electron chi connectivity index (χ1n) is 3.65. The van der Waals surface area contributed by atoms with Gasteiger partial charge in [-0.25, -0.2) is 0 Å². The van der Waals surface area contributed by atoms with Crippen molar-refractivity contribution >= 4 is 55.0 Å². The molecule has 0 aliphatic rings. The minimum Gasteiger partial charge on any atom is -0.258 e. The Labute approximate surface area is 97.4 Å². The van der Waals surface area contributed by atoms with E-state index in [1.807, 2.05) is 12.1 Å². The van der Waals surface area contributed by atoms with Gasteiger partial charge in [0, 0.05) is 20.8 Å².